The number of Topliss-reactive ketones (excluding diaryl/α,β-unsaturated/α-hetero) is 1. The van der Waals surface area contributed by atoms with E-state index in [2.05, 4.69) is 49.5 Å². The lowest BCUT2D eigenvalue weighted by Gasteiger charge is -2.32. The van der Waals surface area contributed by atoms with Crippen molar-refractivity contribution in [3.8, 4) is 0 Å². The molecule has 19 nitrogen and oxygen atoms in total. The maximum atomic E-state index is 13.7. The van der Waals surface area contributed by atoms with E-state index in [1.165, 1.54) is 71.6 Å². The fourth-order valence-electron chi connectivity index (χ4n) is 6.87. The fourth-order valence-corrected chi connectivity index (χ4v) is 6.87. The molecule has 1 rings (SSSR count). The Balaban J connectivity index is 2.77. The van der Waals surface area contributed by atoms with Gasteiger partial charge in [0, 0.05) is 24.7 Å². The van der Waals surface area contributed by atoms with E-state index in [4.69, 9.17) is 5.73 Å². The standard InChI is InChI=1S/C42H79N9O10/c1-5-7-9-10-11-12-13-14-15-16-17-18-19-21-36(56)45-25-37(57)47-34(26-52)41(60)50-33(23-35(43)55)39(58)49-32(22-30-24-44-27-46-30)40(59)51-38(29(4)54)42(61)48-31(28(3)53)20-8-6-2/h24,29,31-34,38,40-41,44,46,50-52,54,59-60H,5-23,25-27H2,1-4H3,(H2,43,55)(H,45,56)(H,47,57)(H,48,61)(H,49,58)/t29?,31-,32-,33?,34-,38-,40-,41-/m0/s1. The number of primary amides is 1. The minimum atomic E-state index is -1.79. The number of rotatable bonds is 37. The average molecular weight is 870 g/mol. The van der Waals surface area contributed by atoms with Crippen molar-refractivity contribution >= 4 is 35.3 Å². The van der Waals surface area contributed by atoms with Crippen LogP contribution in [0.1, 0.15) is 150 Å². The number of hydrogen-bond acceptors (Lipinski definition) is 14. The number of aliphatic hydroxyl groups excluding tert-OH is 4. The van der Waals surface area contributed by atoms with Crippen molar-refractivity contribution < 1.29 is 49.2 Å². The lowest BCUT2D eigenvalue weighted by atomic mass is 10.0. The van der Waals surface area contributed by atoms with Crippen molar-refractivity contribution in [3.63, 3.8) is 0 Å². The van der Waals surface area contributed by atoms with Crippen LogP contribution in [0.4, 0.5) is 0 Å². The van der Waals surface area contributed by atoms with E-state index in [1.807, 2.05) is 6.92 Å². The summed E-state index contributed by atoms with van der Waals surface area (Å²) in [4.78, 5) is 76.2. The van der Waals surface area contributed by atoms with Gasteiger partial charge in [-0.2, -0.15) is 0 Å². The van der Waals surface area contributed by atoms with Gasteiger partial charge in [0.2, 0.25) is 29.5 Å². The van der Waals surface area contributed by atoms with Crippen LogP contribution in [0.2, 0.25) is 0 Å². The Morgan fingerprint density at radius 1 is 0.721 bits per heavy atom. The predicted molar refractivity (Wildman–Crippen MR) is 232 cm³/mol. The van der Waals surface area contributed by atoms with Crippen LogP contribution in [0, 0.1) is 0 Å². The number of unbranched alkanes of at least 4 members (excludes halogenated alkanes) is 13. The van der Waals surface area contributed by atoms with Crippen molar-refractivity contribution in [2.75, 3.05) is 19.8 Å². The topological polar surface area (TPSA) is 306 Å². The van der Waals surface area contributed by atoms with Crippen LogP contribution in [0.25, 0.3) is 0 Å². The third-order valence-corrected chi connectivity index (χ3v) is 10.6. The molecule has 0 fully saturated rings. The Bertz CT molecular complexity index is 1340. The first-order valence-corrected chi connectivity index (χ1v) is 22.4. The largest absolute Gasteiger partial charge is 0.394 e. The summed E-state index contributed by atoms with van der Waals surface area (Å²) in [5, 5.41) is 64.0. The number of nitrogens with two attached hydrogens (primary N) is 1. The summed E-state index contributed by atoms with van der Waals surface area (Å²) in [6, 6.07) is -6.35. The third-order valence-electron chi connectivity index (χ3n) is 10.6. The van der Waals surface area contributed by atoms with E-state index >= 15 is 0 Å². The number of carbonyl (C=O) groups excluding carboxylic acids is 6. The highest BCUT2D eigenvalue weighted by Gasteiger charge is 2.35. The molecule has 0 spiro atoms. The molecule has 0 saturated carbocycles. The number of ketones is 1. The molecule has 0 aromatic rings. The maximum absolute atomic E-state index is 13.7. The quantitative estimate of drug-likeness (QED) is 0.0289. The van der Waals surface area contributed by atoms with Crippen molar-refractivity contribution in [1.82, 2.24) is 42.5 Å². The molecule has 0 saturated heterocycles. The Labute approximate surface area is 362 Å². The zero-order valence-corrected chi connectivity index (χ0v) is 37.1. The zero-order valence-electron chi connectivity index (χ0n) is 37.1. The molecule has 352 valence electrons. The minimum absolute atomic E-state index is 0.0418. The predicted octanol–water partition coefficient (Wildman–Crippen LogP) is 0.00100. The molecule has 0 radical (unpaired) electrons. The molecule has 1 aliphatic heterocycles. The van der Waals surface area contributed by atoms with Gasteiger partial charge in [0.05, 0.1) is 56.5 Å². The Kier molecular flexibility index (Phi) is 29.6. The second-order valence-corrected chi connectivity index (χ2v) is 16.2. The van der Waals surface area contributed by atoms with Gasteiger partial charge in [-0.25, -0.2) is 0 Å². The molecule has 1 aliphatic rings. The molecule has 0 aromatic heterocycles. The Morgan fingerprint density at radius 3 is 1.80 bits per heavy atom. The van der Waals surface area contributed by atoms with Crippen molar-refractivity contribution in [2.45, 2.75) is 198 Å². The summed E-state index contributed by atoms with van der Waals surface area (Å²) in [7, 11) is 0. The Morgan fingerprint density at radius 2 is 1.30 bits per heavy atom. The van der Waals surface area contributed by atoms with Crippen LogP contribution in [0.3, 0.4) is 0 Å². The highest BCUT2D eigenvalue weighted by atomic mass is 16.3. The van der Waals surface area contributed by atoms with E-state index in [1.54, 1.807) is 6.20 Å². The van der Waals surface area contributed by atoms with Crippen LogP contribution < -0.4 is 48.3 Å². The van der Waals surface area contributed by atoms with E-state index in [0.29, 0.717) is 31.6 Å². The molecule has 14 N–H and O–H groups in total. The minimum Gasteiger partial charge on any atom is -0.394 e. The van der Waals surface area contributed by atoms with Crippen LogP contribution in [-0.2, 0) is 28.8 Å². The number of amides is 5. The number of aliphatic hydroxyl groups is 4. The maximum Gasteiger partial charge on any atom is 0.240 e. The zero-order chi connectivity index (χ0) is 45.6. The van der Waals surface area contributed by atoms with E-state index in [-0.39, 0.29) is 24.5 Å². The summed E-state index contributed by atoms with van der Waals surface area (Å²) in [6.45, 7) is 5.97. The van der Waals surface area contributed by atoms with E-state index in [9.17, 15) is 49.2 Å². The highest BCUT2D eigenvalue weighted by molar-refractivity contribution is 5.90. The van der Waals surface area contributed by atoms with E-state index < -0.39 is 92.0 Å². The second kappa shape index (κ2) is 32.8. The van der Waals surface area contributed by atoms with Crippen LogP contribution in [0.15, 0.2) is 11.9 Å². The molecular weight excluding hydrogens is 791 g/mol. The van der Waals surface area contributed by atoms with Crippen molar-refractivity contribution in [3.05, 3.63) is 11.9 Å². The molecule has 5 amide bonds. The second-order valence-electron chi connectivity index (χ2n) is 16.2. The van der Waals surface area contributed by atoms with Gasteiger partial charge < -0.3 is 58.1 Å². The van der Waals surface area contributed by atoms with Gasteiger partial charge in [-0.05, 0) is 26.7 Å². The molecule has 1 heterocycles. The van der Waals surface area contributed by atoms with Gasteiger partial charge in [-0.3, -0.25) is 39.4 Å². The molecule has 19 heteroatoms. The van der Waals surface area contributed by atoms with Gasteiger partial charge >= 0.3 is 0 Å². The molecule has 0 bridgehead atoms. The van der Waals surface area contributed by atoms with Crippen LogP contribution in [0.5, 0.6) is 0 Å². The average Bonchev–Trinajstić information content (AvgIpc) is 3.73. The molecule has 8 atom stereocenters. The molecule has 61 heavy (non-hydrogen) atoms. The van der Waals surface area contributed by atoms with Gasteiger partial charge in [0.25, 0.3) is 0 Å². The van der Waals surface area contributed by atoms with Crippen LogP contribution in [-0.4, -0.2) is 124 Å². The van der Waals surface area contributed by atoms with Gasteiger partial charge in [0.1, 0.15) is 18.5 Å². The van der Waals surface area contributed by atoms with Crippen LogP contribution >= 0.6 is 0 Å². The molecule has 2 unspecified atom stereocenters. The smallest absolute Gasteiger partial charge is 0.240 e. The number of hydrogen-bond donors (Lipinski definition) is 13. The number of carbonyl (C=O) groups is 6. The Hall–Kier alpha value is -3.88. The first kappa shape index (κ1) is 55.1. The lowest BCUT2D eigenvalue weighted by molar-refractivity contribution is -0.132. The first-order chi connectivity index (χ1) is 29.1. The SMILES string of the molecule is CCCCCCCCCCCCCCCC(=O)NCC(=O)N[C@@H](CO)[C@H](O)NC(CC(N)=O)C(=O)N[C@@H](CC1=CNCN1)[C@H](O)N[C@H](C(=O)N[C@@H](CCCC)C(C)=O)C(C)O. The lowest BCUT2D eigenvalue weighted by Crippen LogP contribution is -2.63. The highest BCUT2D eigenvalue weighted by Crippen LogP contribution is 2.14. The summed E-state index contributed by atoms with van der Waals surface area (Å²) >= 11 is 0. The van der Waals surface area contributed by atoms with Gasteiger partial charge in [-0.1, -0.05) is 104 Å². The summed E-state index contributed by atoms with van der Waals surface area (Å²) < 4.78 is 0. The monoisotopic (exact) mass is 870 g/mol. The van der Waals surface area contributed by atoms with Crippen molar-refractivity contribution in [2.24, 2.45) is 5.73 Å². The first-order valence-electron chi connectivity index (χ1n) is 22.4. The molecule has 0 aromatic carbocycles. The fraction of sp³-hybridized carbons (Fsp3) is 0.810. The summed E-state index contributed by atoms with van der Waals surface area (Å²) in [6.07, 6.45) is 13.5. The van der Waals surface area contributed by atoms with Gasteiger partial charge in [-0.15, -0.1) is 0 Å². The summed E-state index contributed by atoms with van der Waals surface area (Å²) in [5.41, 5.74) is 5.98. The molecule has 0 aliphatic carbocycles. The third kappa shape index (κ3) is 25.0. The number of nitrogens with one attached hydrogen (secondary N) is 8. The molecular formula is C42H79N9O10. The van der Waals surface area contributed by atoms with Gasteiger partial charge in [0.15, 0.2) is 5.78 Å². The van der Waals surface area contributed by atoms with E-state index in [0.717, 1.165) is 25.7 Å². The normalized spacial score (nSPS) is 16.3. The van der Waals surface area contributed by atoms with Crippen molar-refractivity contribution in [1.29, 1.82) is 0 Å². The summed E-state index contributed by atoms with van der Waals surface area (Å²) in [5.74, 6) is -3.92.